The molecular formula is C28H28N4O3. The van der Waals surface area contributed by atoms with Crippen molar-refractivity contribution in [1.29, 1.82) is 0 Å². The monoisotopic (exact) mass is 468 g/mol. The van der Waals surface area contributed by atoms with Crippen molar-refractivity contribution in [2.75, 3.05) is 10.2 Å². The fourth-order valence-corrected chi connectivity index (χ4v) is 5.50. The van der Waals surface area contributed by atoms with Gasteiger partial charge in [0.25, 0.3) is 0 Å². The molecule has 178 valence electrons. The number of aromatic nitrogens is 1. The van der Waals surface area contributed by atoms with Gasteiger partial charge in [-0.15, -0.1) is 0 Å². The number of nitrogens with one attached hydrogen (secondary N) is 2. The van der Waals surface area contributed by atoms with E-state index in [-0.39, 0.29) is 17.9 Å². The van der Waals surface area contributed by atoms with E-state index in [1.165, 1.54) is 11.1 Å². The number of carbonyl (C=O) groups is 2. The molecule has 0 saturated carbocycles. The molecule has 1 aromatic heterocycles. The number of pyridine rings is 1. The molecule has 2 atom stereocenters. The van der Waals surface area contributed by atoms with Crippen molar-refractivity contribution in [2.45, 2.75) is 51.3 Å². The number of anilines is 3. The highest BCUT2D eigenvalue weighted by Crippen LogP contribution is 2.40. The molecule has 2 amide bonds. The van der Waals surface area contributed by atoms with E-state index in [0.29, 0.717) is 6.54 Å². The second-order valence-corrected chi connectivity index (χ2v) is 9.64. The van der Waals surface area contributed by atoms with Gasteiger partial charge in [-0.3, -0.25) is 4.79 Å². The Hall–Kier alpha value is -3.87. The first-order valence-electron chi connectivity index (χ1n) is 12.3. The van der Waals surface area contributed by atoms with Gasteiger partial charge < -0.3 is 20.3 Å². The summed E-state index contributed by atoms with van der Waals surface area (Å²) < 4.78 is 5.52. The van der Waals surface area contributed by atoms with Crippen LogP contribution >= 0.6 is 0 Å². The van der Waals surface area contributed by atoms with Gasteiger partial charge in [0, 0.05) is 17.7 Å². The van der Waals surface area contributed by atoms with Gasteiger partial charge >= 0.3 is 6.09 Å². The first-order valence-corrected chi connectivity index (χ1v) is 12.3. The number of cyclic esters (lactones) is 1. The summed E-state index contributed by atoms with van der Waals surface area (Å²) in [6, 6.07) is 18.2. The first kappa shape index (κ1) is 21.6. The van der Waals surface area contributed by atoms with Gasteiger partial charge in [0.15, 0.2) is 0 Å². The van der Waals surface area contributed by atoms with Crippen molar-refractivity contribution < 1.29 is 14.3 Å². The van der Waals surface area contributed by atoms with Gasteiger partial charge in [-0.2, -0.15) is 0 Å². The van der Waals surface area contributed by atoms with Crippen molar-refractivity contribution in [3.63, 3.8) is 0 Å². The molecule has 2 unspecified atom stereocenters. The standard InChI is InChI=1S/C28H28N4O3/c1-17-25(35-28(34)30-17)21-12-13-23-24(15-21)32(16-22-7-4-14-29-26(22)31-23)27(33)20-10-8-18-5-2-3-6-19(18)9-11-20/h2-7,12-15,17,20,25H,8-11,16H2,1H3,(H,29,31)(H,30,34). The van der Waals surface area contributed by atoms with E-state index in [9.17, 15) is 9.59 Å². The number of hydrogen-bond donors (Lipinski definition) is 2. The summed E-state index contributed by atoms with van der Waals surface area (Å²) in [5.41, 5.74) is 6.15. The number of benzene rings is 2. The van der Waals surface area contributed by atoms with Crippen LogP contribution in [0, 0.1) is 5.92 Å². The molecule has 2 N–H and O–H groups in total. The minimum Gasteiger partial charge on any atom is -0.439 e. The van der Waals surface area contributed by atoms with Crippen LogP contribution in [-0.4, -0.2) is 23.0 Å². The van der Waals surface area contributed by atoms with Crippen LogP contribution in [0.2, 0.25) is 0 Å². The van der Waals surface area contributed by atoms with E-state index in [1.54, 1.807) is 6.20 Å². The Balaban J connectivity index is 1.37. The van der Waals surface area contributed by atoms with Crippen LogP contribution in [0.15, 0.2) is 60.8 Å². The van der Waals surface area contributed by atoms with Gasteiger partial charge in [0.2, 0.25) is 5.91 Å². The number of fused-ring (bicyclic) bond motifs is 3. The Morgan fingerprint density at radius 1 is 1.03 bits per heavy atom. The summed E-state index contributed by atoms with van der Waals surface area (Å²) in [6.07, 6.45) is 4.41. The van der Waals surface area contributed by atoms with Crippen LogP contribution in [0.1, 0.15) is 48.1 Å². The molecule has 1 aliphatic carbocycles. The summed E-state index contributed by atoms with van der Waals surface area (Å²) in [7, 11) is 0. The molecular weight excluding hydrogens is 440 g/mol. The van der Waals surface area contributed by atoms with Gasteiger partial charge in [-0.05, 0) is 67.5 Å². The third-order valence-corrected chi connectivity index (χ3v) is 7.41. The minimum absolute atomic E-state index is 0.0676. The maximum absolute atomic E-state index is 14.1. The summed E-state index contributed by atoms with van der Waals surface area (Å²) in [4.78, 5) is 32.3. The number of rotatable bonds is 2. The fourth-order valence-electron chi connectivity index (χ4n) is 5.50. The van der Waals surface area contributed by atoms with E-state index in [1.807, 2.05) is 42.2 Å². The number of carbonyl (C=O) groups excluding carboxylic acids is 2. The van der Waals surface area contributed by atoms with Gasteiger partial charge in [0.1, 0.15) is 11.9 Å². The molecule has 0 radical (unpaired) electrons. The number of amides is 2. The SMILES string of the molecule is CC1NC(=O)OC1c1ccc2c(c1)N(C(=O)C1CCc3ccccc3CC1)Cc1cccnc1N2. The molecule has 3 heterocycles. The molecule has 2 aromatic carbocycles. The van der Waals surface area contributed by atoms with Gasteiger partial charge in [0.05, 0.1) is 24.0 Å². The Kier molecular flexibility index (Phi) is 5.40. The predicted octanol–water partition coefficient (Wildman–Crippen LogP) is 5.04. The molecule has 7 heteroatoms. The Morgan fingerprint density at radius 2 is 1.77 bits per heavy atom. The lowest BCUT2D eigenvalue weighted by atomic mass is 9.96. The Labute approximate surface area is 204 Å². The van der Waals surface area contributed by atoms with Crippen molar-refractivity contribution in [3.8, 4) is 0 Å². The van der Waals surface area contributed by atoms with Crippen LogP contribution in [-0.2, 0) is 28.9 Å². The summed E-state index contributed by atoms with van der Waals surface area (Å²) in [6.45, 7) is 2.36. The topological polar surface area (TPSA) is 83.6 Å². The number of ether oxygens (including phenoxy) is 1. The molecule has 0 bridgehead atoms. The number of hydrogen-bond acceptors (Lipinski definition) is 5. The molecule has 3 aliphatic rings. The van der Waals surface area contributed by atoms with Crippen LogP contribution in [0.25, 0.3) is 0 Å². The second kappa shape index (κ2) is 8.73. The van der Waals surface area contributed by atoms with E-state index in [4.69, 9.17) is 4.74 Å². The van der Waals surface area contributed by atoms with Gasteiger partial charge in [-0.25, -0.2) is 9.78 Å². The number of alkyl carbamates (subject to hydrolysis) is 1. The Morgan fingerprint density at radius 3 is 2.49 bits per heavy atom. The average molecular weight is 469 g/mol. The summed E-state index contributed by atoms with van der Waals surface area (Å²) >= 11 is 0. The maximum atomic E-state index is 14.1. The van der Waals surface area contributed by atoms with E-state index in [0.717, 1.165) is 54.0 Å². The summed E-state index contributed by atoms with van der Waals surface area (Å²) in [5.74, 6) is 0.818. The van der Waals surface area contributed by atoms with Crippen LogP contribution in [0.3, 0.4) is 0 Å². The zero-order valence-corrected chi connectivity index (χ0v) is 19.7. The maximum Gasteiger partial charge on any atom is 0.408 e. The molecule has 35 heavy (non-hydrogen) atoms. The smallest absolute Gasteiger partial charge is 0.408 e. The van der Waals surface area contributed by atoms with Crippen molar-refractivity contribution in [2.24, 2.45) is 5.92 Å². The molecule has 7 nitrogen and oxygen atoms in total. The predicted molar refractivity (Wildman–Crippen MR) is 134 cm³/mol. The lowest BCUT2D eigenvalue weighted by molar-refractivity contribution is -0.122. The third-order valence-electron chi connectivity index (χ3n) is 7.41. The van der Waals surface area contributed by atoms with Crippen molar-refractivity contribution >= 4 is 29.2 Å². The van der Waals surface area contributed by atoms with Crippen LogP contribution in [0.4, 0.5) is 22.0 Å². The summed E-state index contributed by atoms with van der Waals surface area (Å²) in [5, 5.41) is 6.23. The zero-order chi connectivity index (χ0) is 23.9. The normalized spacial score (nSPS) is 21.4. The molecule has 3 aromatic rings. The molecule has 2 aliphatic heterocycles. The second-order valence-electron chi connectivity index (χ2n) is 9.64. The van der Waals surface area contributed by atoms with Crippen LogP contribution < -0.4 is 15.5 Å². The molecule has 6 rings (SSSR count). The largest absolute Gasteiger partial charge is 0.439 e. The quantitative estimate of drug-likeness (QED) is 0.515. The lowest BCUT2D eigenvalue weighted by Gasteiger charge is -2.28. The highest BCUT2D eigenvalue weighted by Gasteiger charge is 2.35. The average Bonchev–Trinajstić information content (AvgIpc) is 3.03. The first-order chi connectivity index (χ1) is 17.1. The van der Waals surface area contributed by atoms with E-state index < -0.39 is 12.2 Å². The van der Waals surface area contributed by atoms with Crippen molar-refractivity contribution in [1.82, 2.24) is 10.3 Å². The van der Waals surface area contributed by atoms with E-state index >= 15 is 0 Å². The Bertz CT molecular complexity index is 1280. The number of nitrogens with zero attached hydrogens (tertiary/aromatic N) is 2. The minimum atomic E-state index is -0.418. The lowest BCUT2D eigenvalue weighted by Crippen LogP contribution is -2.36. The van der Waals surface area contributed by atoms with Gasteiger partial charge in [-0.1, -0.05) is 36.4 Å². The fraction of sp³-hybridized carbons (Fsp3) is 0.321. The van der Waals surface area contributed by atoms with Crippen molar-refractivity contribution in [3.05, 3.63) is 83.0 Å². The molecule has 0 spiro atoms. The molecule has 1 saturated heterocycles. The number of aryl methyl sites for hydroxylation is 2. The molecule has 1 fully saturated rings. The zero-order valence-electron chi connectivity index (χ0n) is 19.7. The third kappa shape index (κ3) is 4.01. The van der Waals surface area contributed by atoms with E-state index in [2.05, 4.69) is 39.9 Å². The highest BCUT2D eigenvalue weighted by atomic mass is 16.6. The van der Waals surface area contributed by atoms with Crippen LogP contribution in [0.5, 0.6) is 0 Å². The highest BCUT2D eigenvalue weighted by molar-refractivity contribution is 5.99.